The normalized spacial score (nSPS) is 12.0. The van der Waals surface area contributed by atoms with Crippen molar-refractivity contribution in [2.24, 2.45) is 0 Å². The highest BCUT2D eigenvalue weighted by atomic mass is 31.2. The molecule has 0 fully saturated rings. The van der Waals surface area contributed by atoms with Crippen LogP contribution >= 0.6 is 7.14 Å². The number of hydrogen-bond donors (Lipinski definition) is 0. The second kappa shape index (κ2) is 10.9. The van der Waals surface area contributed by atoms with Gasteiger partial charge >= 0.3 is 0 Å². The van der Waals surface area contributed by atoms with Gasteiger partial charge < -0.3 is 13.4 Å². The molecule has 0 bridgehead atoms. The summed E-state index contributed by atoms with van der Waals surface area (Å²) >= 11 is 0. The Bertz CT molecular complexity index is 2620. The molecule has 0 aliphatic carbocycles. The smallest absolute Gasteiger partial charge is 0.164 e. The number of furan rings is 2. The molecule has 0 unspecified atom stereocenters. The highest BCUT2D eigenvalue weighted by Gasteiger charge is 2.17. The molecule has 0 saturated carbocycles. The van der Waals surface area contributed by atoms with E-state index in [4.69, 9.17) is 23.8 Å². The van der Waals surface area contributed by atoms with Crippen molar-refractivity contribution in [2.75, 3.05) is 13.3 Å². The molecule has 0 aliphatic heterocycles. The van der Waals surface area contributed by atoms with Gasteiger partial charge in [0.25, 0.3) is 0 Å². The van der Waals surface area contributed by atoms with Crippen LogP contribution in [0.2, 0.25) is 0 Å². The highest BCUT2D eigenvalue weighted by Crippen LogP contribution is 2.37. The zero-order valence-electron chi connectivity index (χ0n) is 26.2. The Morgan fingerprint density at radius 2 is 0.854 bits per heavy atom. The zero-order valence-corrected chi connectivity index (χ0v) is 27.1. The van der Waals surface area contributed by atoms with E-state index in [0.29, 0.717) is 17.5 Å². The Morgan fingerprint density at radius 1 is 0.417 bits per heavy atom. The van der Waals surface area contributed by atoms with Crippen LogP contribution in [0.4, 0.5) is 0 Å². The Balaban J connectivity index is 1.22. The predicted octanol–water partition coefficient (Wildman–Crippen LogP) is 10.6. The SMILES string of the molecule is CP(C)(=O)c1cccc(-c2cccc(-c3nc(-c4ccc5c(c4)oc4ccccc45)nc(-c4ccc5c(c4)oc4ccccc45)n3)c2)c1. The molecule has 0 saturated heterocycles. The van der Waals surface area contributed by atoms with Crippen LogP contribution in [0.3, 0.4) is 0 Å². The van der Waals surface area contributed by atoms with E-state index in [9.17, 15) is 4.57 Å². The molecule has 3 aromatic heterocycles. The van der Waals surface area contributed by atoms with Crippen LogP contribution in [0.15, 0.2) is 142 Å². The summed E-state index contributed by atoms with van der Waals surface area (Å²) in [5, 5.41) is 5.06. The molecular formula is C41H28N3O3P. The Morgan fingerprint density at radius 3 is 1.40 bits per heavy atom. The van der Waals surface area contributed by atoms with Crippen LogP contribution < -0.4 is 5.30 Å². The summed E-state index contributed by atoms with van der Waals surface area (Å²) < 4.78 is 25.3. The van der Waals surface area contributed by atoms with Crippen molar-refractivity contribution in [1.82, 2.24) is 15.0 Å². The summed E-state index contributed by atoms with van der Waals surface area (Å²) in [7, 11) is -2.42. The maximum Gasteiger partial charge on any atom is 0.164 e. The minimum absolute atomic E-state index is 0.535. The van der Waals surface area contributed by atoms with E-state index in [1.54, 1.807) is 13.3 Å². The van der Waals surface area contributed by atoms with Crippen molar-refractivity contribution in [3.8, 4) is 45.3 Å². The number of rotatable bonds is 5. The maximum atomic E-state index is 12.9. The number of fused-ring (bicyclic) bond motifs is 6. The minimum Gasteiger partial charge on any atom is -0.456 e. The summed E-state index contributed by atoms with van der Waals surface area (Å²) in [6.07, 6.45) is 0. The molecule has 9 rings (SSSR count). The van der Waals surface area contributed by atoms with Gasteiger partial charge in [-0.25, -0.2) is 15.0 Å². The summed E-state index contributed by atoms with van der Waals surface area (Å²) in [4.78, 5) is 15.0. The number of para-hydroxylation sites is 2. The van der Waals surface area contributed by atoms with Crippen molar-refractivity contribution in [1.29, 1.82) is 0 Å². The number of aromatic nitrogens is 3. The van der Waals surface area contributed by atoms with Gasteiger partial charge in [0.05, 0.1) is 0 Å². The molecule has 3 heterocycles. The molecule has 6 aromatic carbocycles. The quantitative estimate of drug-likeness (QED) is 0.174. The maximum absolute atomic E-state index is 12.9. The van der Waals surface area contributed by atoms with Crippen molar-refractivity contribution in [3.05, 3.63) is 133 Å². The third-order valence-corrected chi connectivity index (χ3v) is 10.4. The first-order valence-corrected chi connectivity index (χ1v) is 18.3. The van der Waals surface area contributed by atoms with Crippen molar-refractivity contribution in [3.63, 3.8) is 0 Å². The fourth-order valence-corrected chi connectivity index (χ4v) is 7.25. The fourth-order valence-electron chi connectivity index (χ4n) is 6.35. The van der Waals surface area contributed by atoms with Crippen molar-refractivity contribution < 1.29 is 13.4 Å². The number of nitrogens with zero attached hydrogens (tertiary/aromatic N) is 3. The van der Waals surface area contributed by atoms with Gasteiger partial charge in [-0.15, -0.1) is 0 Å². The van der Waals surface area contributed by atoms with Crippen molar-refractivity contribution >= 4 is 56.3 Å². The molecule has 0 radical (unpaired) electrons. The molecular weight excluding hydrogens is 613 g/mol. The van der Waals surface area contributed by atoms with Gasteiger partial charge in [-0.2, -0.15) is 0 Å². The lowest BCUT2D eigenvalue weighted by molar-refractivity contribution is 0.588. The largest absolute Gasteiger partial charge is 0.456 e. The summed E-state index contributed by atoms with van der Waals surface area (Å²) in [5.74, 6) is 1.61. The number of benzene rings is 6. The van der Waals surface area contributed by atoms with Gasteiger partial charge in [-0.3, -0.25) is 0 Å². The topological polar surface area (TPSA) is 82.0 Å². The minimum atomic E-state index is -2.42. The van der Waals surface area contributed by atoms with Crippen molar-refractivity contribution in [2.45, 2.75) is 0 Å². The average Bonchev–Trinajstić information content (AvgIpc) is 3.68. The van der Waals surface area contributed by atoms with E-state index in [0.717, 1.165) is 77.0 Å². The Labute approximate surface area is 276 Å². The standard InChI is InChI=1S/C41H28N3O3P/c1-48(2,45)30-12-8-10-26(22-30)25-9-7-11-27(21-25)39-42-40(28-17-19-33-31-13-3-5-15-35(31)46-37(33)23-28)44-41(43-39)29-18-20-34-32-14-4-6-16-36(32)47-38(34)24-29/h3-24H,1-2H3. The Kier molecular flexibility index (Phi) is 6.43. The molecule has 7 heteroatoms. The van der Waals surface area contributed by atoms with E-state index in [1.165, 1.54) is 0 Å². The van der Waals surface area contributed by atoms with Crippen LogP contribution in [-0.4, -0.2) is 28.3 Å². The first kappa shape index (κ1) is 28.4. The lowest BCUT2D eigenvalue weighted by atomic mass is 10.0. The summed E-state index contributed by atoms with van der Waals surface area (Å²) in [6.45, 7) is 3.59. The third-order valence-electron chi connectivity index (χ3n) is 8.83. The van der Waals surface area contributed by atoms with Crippen LogP contribution in [0.1, 0.15) is 0 Å². The highest BCUT2D eigenvalue weighted by molar-refractivity contribution is 7.70. The molecule has 6 nitrogen and oxygen atoms in total. The average molecular weight is 642 g/mol. The molecule has 0 atom stereocenters. The molecule has 0 N–H and O–H groups in total. The second-order valence-electron chi connectivity index (χ2n) is 12.4. The molecule has 0 amide bonds. The molecule has 48 heavy (non-hydrogen) atoms. The number of hydrogen-bond acceptors (Lipinski definition) is 6. The summed E-state index contributed by atoms with van der Waals surface area (Å²) in [6, 6.07) is 44.3. The van der Waals surface area contributed by atoms with E-state index >= 15 is 0 Å². The van der Waals surface area contributed by atoms with Crippen LogP contribution in [0.25, 0.3) is 89.2 Å². The lowest BCUT2D eigenvalue weighted by Gasteiger charge is -2.11. The second-order valence-corrected chi connectivity index (χ2v) is 15.6. The van der Waals surface area contributed by atoms with Gasteiger partial charge in [-0.1, -0.05) is 84.9 Å². The van der Waals surface area contributed by atoms with E-state index in [1.807, 2.05) is 103 Å². The zero-order chi connectivity index (χ0) is 32.4. The van der Waals surface area contributed by atoms with Gasteiger partial charge in [0.1, 0.15) is 29.5 Å². The first-order valence-electron chi connectivity index (χ1n) is 15.7. The molecule has 230 valence electrons. The lowest BCUT2D eigenvalue weighted by Crippen LogP contribution is -2.02. The Hall–Kier alpha value is -5.84. The third kappa shape index (κ3) is 4.90. The molecule has 0 spiro atoms. The van der Waals surface area contributed by atoms with Gasteiger partial charge in [-0.05, 0) is 73.0 Å². The first-order chi connectivity index (χ1) is 23.4. The van der Waals surface area contributed by atoms with Gasteiger partial charge in [0.2, 0.25) is 0 Å². The monoisotopic (exact) mass is 641 g/mol. The van der Waals surface area contributed by atoms with Gasteiger partial charge in [0.15, 0.2) is 17.5 Å². The van der Waals surface area contributed by atoms with E-state index < -0.39 is 7.14 Å². The van der Waals surface area contributed by atoms with E-state index in [2.05, 4.69) is 30.3 Å². The van der Waals surface area contributed by atoms with Crippen LogP contribution in [0, 0.1) is 0 Å². The molecule has 9 aromatic rings. The molecule has 0 aliphatic rings. The van der Waals surface area contributed by atoms with Gasteiger partial charge in [0, 0.05) is 43.5 Å². The van der Waals surface area contributed by atoms with Crippen LogP contribution in [0.5, 0.6) is 0 Å². The van der Waals surface area contributed by atoms with Crippen LogP contribution in [-0.2, 0) is 4.57 Å². The fraction of sp³-hybridized carbons (Fsp3) is 0.0488. The van der Waals surface area contributed by atoms with E-state index in [-0.39, 0.29) is 0 Å². The summed E-state index contributed by atoms with van der Waals surface area (Å²) in [5.41, 5.74) is 7.67. The predicted molar refractivity (Wildman–Crippen MR) is 195 cm³/mol.